The molecule has 4 aliphatic rings. The van der Waals surface area contributed by atoms with Gasteiger partial charge in [-0.3, -0.25) is 0 Å². The minimum Gasteiger partial charge on any atom is -0.393 e. The lowest BCUT2D eigenvalue weighted by Crippen LogP contribution is -2.46. The van der Waals surface area contributed by atoms with E-state index < -0.39 is 0 Å². The van der Waals surface area contributed by atoms with Crippen LogP contribution >= 0.6 is 0 Å². The number of aliphatic hydroxyl groups is 1. The van der Waals surface area contributed by atoms with E-state index in [-0.39, 0.29) is 6.10 Å². The standard InChI is InChI=1S/C29H48O/c1-7-21(19(2)3)9-8-20(4)25-12-13-26-24-11-10-22-18-23(30)14-16-28(22,5)27(24)15-17-29(25,26)6/h10-11,19-21,23,25-27,30H,7-9,12-18H2,1-6H3/t20-,21-,23-,25+,26-,27+,28+,29-/m1/s1. The van der Waals surface area contributed by atoms with E-state index in [9.17, 15) is 5.11 Å². The topological polar surface area (TPSA) is 20.2 Å². The fourth-order valence-corrected chi connectivity index (χ4v) is 8.65. The average molecular weight is 413 g/mol. The summed E-state index contributed by atoms with van der Waals surface area (Å²) in [4.78, 5) is 0. The lowest BCUT2D eigenvalue weighted by Gasteiger charge is -2.55. The van der Waals surface area contributed by atoms with Gasteiger partial charge in [-0.2, -0.15) is 0 Å². The van der Waals surface area contributed by atoms with Gasteiger partial charge in [0.2, 0.25) is 0 Å². The van der Waals surface area contributed by atoms with E-state index in [4.69, 9.17) is 0 Å². The molecule has 1 heteroatoms. The van der Waals surface area contributed by atoms with Gasteiger partial charge in [0.1, 0.15) is 0 Å². The Morgan fingerprint density at radius 1 is 0.967 bits per heavy atom. The molecule has 1 nitrogen and oxygen atoms in total. The maximum Gasteiger partial charge on any atom is 0.0578 e. The van der Waals surface area contributed by atoms with Gasteiger partial charge in [0.25, 0.3) is 0 Å². The van der Waals surface area contributed by atoms with Crippen LogP contribution in [0.3, 0.4) is 0 Å². The first-order valence-corrected chi connectivity index (χ1v) is 13.3. The lowest BCUT2D eigenvalue weighted by atomic mass is 9.50. The molecule has 3 fully saturated rings. The van der Waals surface area contributed by atoms with Crippen LogP contribution in [0.2, 0.25) is 0 Å². The van der Waals surface area contributed by atoms with Gasteiger partial charge in [-0.15, -0.1) is 0 Å². The van der Waals surface area contributed by atoms with Gasteiger partial charge in [0, 0.05) is 0 Å². The Morgan fingerprint density at radius 2 is 1.73 bits per heavy atom. The summed E-state index contributed by atoms with van der Waals surface area (Å²) in [6.07, 6.45) is 17.8. The minimum absolute atomic E-state index is 0.109. The Hall–Kier alpha value is -0.560. The molecule has 0 saturated heterocycles. The van der Waals surface area contributed by atoms with E-state index in [1.54, 1.807) is 11.1 Å². The Bertz CT molecular complexity index is 686. The van der Waals surface area contributed by atoms with Gasteiger partial charge in [-0.05, 0) is 97.7 Å². The van der Waals surface area contributed by atoms with Crippen molar-refractivity contribution < 1.29 is 5.11 Å². The molecule has 0 bridgehead atoms. The maximum absolute atomic E-state index is 10.2. The predicted octanol–water partition coefficient (Wildman–Crippen LogP) is 7.94. The van der Waals surface area contributed by atoms with Crippen molar-refractivity contribution in [1.82, 2.24) is 0 Å². The van der Waals surface area contributed by atoms with Crippen molar-refractivity contribution in [2.45, 2.75) is 112 Å². The second kappa shape index (κ2) is 8.42. The molecular formula is C29H48O. The number of rotatable bonds is 6. The zero-order valence-electron chi connectivity index (χ0n) is 20.7. The molecule has 0 radical (unpaired) electrons. The lowest BCUT2D eigenvalue weighted by molar-refractivity contribution is 0.0315. The molecule has 3 saturated carbocycles. The molecule has 0 amide bonds. The highest BCUT2D eigenvalue weighted by atomic mass is 16.3. The number of allylic oxidation sites excluding steroid dienone is 3. The number of hydrogen-bond acceptors (Lipinski definition) is 1. The van der Waals surface area contributed by atoms with E-state index in [0.717, 1.165) is 48.3 Å². The molecule has 0 aromatic rings. The smallest absolute Gasteiger partial charge is 0.0578 e. The van der Waals surface area contributed by atoms with Gasteiger partial charge in [-0.25, -0.2) is 0 Å². The Morgan fingerprint density at radius 3 is 2.43 bits per heavy atom. The Balaban J connectivity index is 1.51. The van der Waals surface area contributed by atoms with Crippen LogP contribution in [0.1, 0.15) is 106 Å². The van der Waals surface area contributed by atoms with Crippen molar-refractivity contribution in [2.24, 2.45) is 46.3 Å². The third-order valence-electron chi connectivity index (χ3n) is 10.8. The van der Waals surface area contributed by atoms with Gasteiger partial charge >= 0.3 is 0 Å². The molecule has 1 N–H and O–H groups in total. The second-order valence-electron chi connectivity index (χ2n) is 12.5. The van der Waals surface area contributed by atoms with Crippen LogP contribution in [0, 0.1) is 46.3 Å². The van der Waals surface area contributed by atoms with Gasteiger partial charge in [-0.1, -0.05) is 77.7 Å². The van der Waals surface area contributed by atoms with Crippen LogP contribution in [0.25, 0.3) is 0 Å². The van der Waals surface area contributed by atoms with Crippen molar-refractivity contribution >= 4 is 0 Å². The number of fused-ring (bicyclic) bond motifs is 5. The third-order valence-corrected chi connectivity index (χ3v) is 10.8. The Labute approximate surface area is 186 Å². The molecule has 0 aliphatic heterocycles. The summed E-state index contributed by atoms with van der Waals surface area (Å²) in [7, 11) is 0. The van der Waals surface area contributed by atoms with Crippen LogP contribution in [0.5, 0.6) is 0 Å². The SMILES string of the molecule is CC[C@H](CC[C@@H](C)[C@@H]1CC[C@@H]2C3=CC=C4C[C@H](O)CC[C@]4(C)[C@H]3CC[C@@]21C)C(C)C. The summed E-state index contributed by atoms with van der Waals surface area (Å²) in [5.74, 6) is 5.03. The molecule has 30 heavy (non-hydrogen) atoms. The highest BCUT2D eigenvalue weighted by molar-refractivity contribution is 5.38. The zero-order valence-corrected chi connectivity index (χ0v) is 20.7. The molecule has 0 unspecified atom stereocenters. The third kappa shape index (κ3) is 3.66. The minimum atomic E-state index is -0.109. The fourth-order valence-electron chi connectivity index (χ4n) is 8.65. The van der Waals surface area contributed by atoms with Crippen LogP contribution in [-0.4, -0.2) is 11.2 Å². The summed E-state index contributed by atoms with van der Waals surface area (Å²) < 4.78 is 0. The average Bonchev–Trinajstić information content (AvgIpc) is 3.06. The summed E-state index contributed by atoms with van der Waals surface area (Å²) in [5, 5.41) is 10.2. The van der Waals surface area contributed by atoms with Crippen molar-refractivity contribution in [2.75, 3.05) is 0 Å². The first-order valence-electron chi connectivity index (χ1n) is 13.3. The summed E-state index contributed by atoms with van der Waals surface area (Å²) in [6, 6.07) is 0. The van der Waals surface area contributed by atoms with E-state index in [1.807, 2.05) is 0 Å². The molecular weight excluding hydrogens is 364 g/mol. The Kier molecular flexibility index (Phi) is 6.35. The second-order valence-corrected chi connectivity index (χ2v) is 12.5. The zero-order chi connectivity index (χ0) is 21.7. The van der Waals surface area contributed by atoms with Crippen molar-refractivity contribution in [3.63, 3.8) is 0 Å². The molecule has 0 heterocycles. The van der Waals surface area contributed by atoms with Crippen LogP contribution in [-0.2, 0) is 0 Å². The summed E-state index contributed by atoms with van der Waals surface area (Å²) in [6.45, 7) is 15.0. The normalized spacial score (nSPS) is 42.7. The van der Waals surface area contributed by atoms with Crippen molar-refractivity contribution in [1.29, 1.82) is 0 Å². The first kappa shape index (κ1) is 22.6. The molecule has 170 valence electrons. The molecule has 0 aromatic carbocycles. The van der Waals surface area contributed by atoms with Crippen molar-refractivity contribution in [3.05, 3.63) is 23.3 Å². The number of aliphatic hydroxyl groups excluding tert-OH is 1. The van der Waals surface area contributed by atoms with E-state index in [2.05, 4.69) is 53.7 Å². The highest BCUT2D eigenvalue weighted by Crippen LogP contribution is 2.66. The van der Waals surface area contributed by atoms with Gasteiger partial charge < -0.3 is 5.11 Å². The van der Waals surface area contributed by atoms with Gasteiger partial charge in [0.15, 0.2) is 0 Å². The van der Waals surface area contributed by atoms with E-state index >= 15 is 0 Å². The largest absolute Gasteiger partial charge is 0.393 e. The van der Waals surface area contributed by atoms with Crippen LogP contribution in [0.4, 0.5) is 0 Å². The van der Waals surface area contributed by atoms with E-state index in [0.29, 0.717) is 10.8 Å². The molecule has 4 aliphatic carbocycles. The highest BCUT2D eigenvalue weighted by Gasteiger charge is 2.56. The maximum atomic E-state index is 10.2. The van der Waals surface area contributed by atoms with Gasteiger partial charge in [0.05, 0.1) is 6.10 Å². The molecule has 4 rings (SSSR count). The van der Waals surface area contributed by atoms with Crippen molar-refractivity contribution in [3.8, 4) is 0 Å². The summed E-state index contributed by atoms with van der Waals surface area (Å²) in [5.41, 5.74) is 4.17. The molecule has 0 spiro atoms. The summed E-state index contributed by atoms with van der Waals surface area (Å²) >= 11 is 0. The van der Waals surface area contributed by atoms with E-state index in [1.165, 1.54) is 51.4 Å². The van der Waals surface area contributed by atoms with Crippen LogP contribution in [0.15, 0.2) is 23.3 Å². The quantitative estimate of drug-likeness (QED) is 0.469. The van der Waals surface area contributed by atoms with Crippen LogP contribution < -0.4 is 0 Å². The fraction of sp³-hybridized carbons (Fsp3) is 0.862. The molecule has 0 aromatic heterocycles. The molecule has 8 atom stereocenters. The monoisotopic (exact) mass is 412 g/mol. The first-order chi connectivity index (χ1) is 14.2. The predicted molar refractivity (Wildman–Crippen MR) is 128 cm³/mol. The number of hydrogen-bond donors (Lipinski definition) is 1.